The molecule has 0 spiro atoms. The first kappa shape index (κ1) is 18.7. The number of nitrogens with zero attached hydrogens (tertiary/aromatic N) is 1. The van der Waals surface area contributed by atoms with Crippen LogP contribution in [0.5, 0.6) is 0 Å². The number of hydrogen-bond donors (Lipinski definition) is 0. The van der Waals surface area contributed by atoms with Crippen molar-refractivity contribution in [1.82, 2.24) is 4.31 Å². The minimum atomic E-state index is -3.38. The second-order valence-electron chi connectivity index (χ2n) is 5.28. The normalized spacial score (nSPS) is 12.0. The van der Waals surface area contributed by atoms with Gasteiger partial charge in [0.15, 0.2) is 0 Å². The molecule has 0 heterocycles. The summed E-state index contributed by atoms with van der Waals surface area (Å²) in [7, 11) is -3.38. The van der Waals surface area contributed by atoms with E-state index in [4.69, 9.17) is 0 Å². The second-order valence-corrected chi connectivity index (χ2v) is 8.13. The molecule has 21 heavy (non-hydrogen) atoms. The molecule has 0 fully saturated rings. The molecule has 3 nitrogen and oxygen atoms in total. The highest BCUT2D eigenvalue weighted by atomic mass is 79.9. The third-order valence-electron chi connectivity index (χ3n) is 3.46. The van der Waals surface area contributed by atoms with Crippen LogP contribution in [0.3, 0.4) is 0 Å². The Hall–Kier alpha value is -0.390. The van der Waals surface area contributed by atoms with E-state index in [1.165, 1.54) is 0 Å². The Labute approximate surface area is 137 Å². The van der Waals surface area contributed by atoms with E-state index in [0.29, 0.717) is 18.0 Å². The Morgan fingerprint density at radius 2 is 1.57 bits per heavy atom. The maximum absolute atomic E-state index is 12.8. The van der Waals surface area contributed by atoms with Crippen LogP contribution < -0.4 is 0 Å². The fraction of sp³-hybridized carbons (Fsp3) is 0.625. The van der Waals surface area contributed by atoms with Crippen molar-refractivity contribution in [2.24, 2.45) is 0 Å². The molecule has 1 aromatic carbocycles. The van der Waals surface area contributed by atoms with E-state index in [0.717, 1.165) is 43.0 Å². The zero-order chi connectivity index (χ0) is 15.7. The lowest BCUT2D eigenvalue weighted by atomic mass is 10.2. The van der Waals surface area contributed by atoms with Crippen molar-refractivity contribution in [2.45, 2.75) is 57.3 Å². The van der Waals surface area contributed by atoms with Gasteiger partial charge in [-0.25, -0.2) is 8.42 Å². The standard InChI is InChI=1S/C16H26BrNO2S/c1-3-5-7-12-18(13-8-6-4-2)21(19,20)16-11-9-10-15(17)14-16/h9-11,14H,3-8,12-13H2,1-2H3. The molecule has 0 aromatic heterocycles. The minimum Gasteiger partial charge on any atom is -0.207 e. The monoisotopic (exact) mass is 375 g/mol. The van der Waals surface area contributed by atoms with Gasteiger partial charge >= 0.3 is 0 Å². The van der Waals surface area contributed by atoms with Crippen molar-refractivity contribution < 1.29 is 8.42 Å². The van der Waals surface area contributed by atoms with Gasteiger partial charge in [-0.15, -0.1) is 0 Å². The fourth-order valence-electron chi connectivity index (χ4n) is 2.20. The van der Waals surface area contributed by atoms with E-state index in [2.05, 4.69) is 29.8 Å². The van der Waals surface area contributed by atoms with Gasteiger partial charge in [-0.1, -0.05) is 61.5 Å². The van der Waals surface area contributed by atoms with Crippen LogP contribution >= 0.6 is 15.9 Å². The molecule has 1 rings (SSSR count). The largest absolute Gasteiger partial charge is 0.243 e. The Morgan fingerprint density at radius 1 is 1.00 bits per heavy atom. The minimum absolute atomic E-state index is 0.380. The van der Waals surface area contributed by atoms with Crippen molar-refractivity contribution in [3.63, 3.8) is 0 Å². The van der Waals surface area contributed by atoms with Gasteiger partial charge in [0.25, 0.3) is 0 Å². The second kappa shape index (κ2) is 9.59. The molecule has 0 aliphatic rings. The van der Waals surface area contributed by atoms with Crippen LogP contribution in [0.15, 0.2) is 33.6 Å². The molecule has 0 amide bonds. The molecule has 0 atom stereocenters. The first-order valence-electron chi connectivity index (χ1n) is 7.78. The molecule has 0 saturated heterocycles. The van der Waals surface area contributed by atoms with Crippen molar-refractivity contribution >= 4 is 26.0 Å². The van der Waals surface area contributed by atoms with Gasteiger partial charge in [-0.2, -0.15) is 4.31 Å². The third kappa shape index (κ3) is 6.09. The average molecular weight is 376 g/mol. The smallest absolute Gasteiger partial charge is 0.207 e. The molecule has 0 saturated carbocycles. The number of benzene rings is 1. The predicted octanol–water partition coefficient (Wildman–Crippen LogP) is 4.82. The maximum atomic E-state index is 12.8. The summed E-state index contributed by atoms with van der Waals surface area (Å²) in [5, 5.41) is 0. The van der Waals surface area contributed by atoms with Crippen molar-refractivity contribution in [3.8, 4) is 0 Å². The summed E-state index contributed by atoms with van der Waals surface area (Å²) in [6.45, 7) is 5.49. The molecule has 120 valence electrons. The first-order chi connectivity index (χ1) is 10.0. The van der Waals surface area contributed by atoms with Gasteiger partial charge in [-0.3, -0.25) is 0 Å². The molecule has 0 unspecified atom stereocenters. The first-order valence-corrected chi connectivity index (χ1v) is 10.0. The molecular weight excluding hydrogens is 350 g/mol. The zero-order valence-corrected chi connectivity index (χ0v) is 15.4. The van der Waals surface area contributed by atoms with E-state index in [-0.39, 0.29) is 0 Å². The van der Waals surface area contributed by atoms with Crippen molar-refractivity contribution in [3.05, 3.63) is 28.7 Å². The topological polar surface area (TPSA) is 37.4 Å². The van der Waals surface area contributed by atoms with Crippen LogP contribution in [0, 0.1) is 0 Å². The zero-order valence-electron chi connectivity index (χ0n) is 13.0. The Bertz CT molecular complexity index is 507. The lowest BCUT2D eigenvalue weighted by Gasteiger charge is -2.22. The molecule has 5 heteroatoms. The highest BCUT2D eigenvalue weighted by molar-refractivity contribution is 9.10. The highest BCUT2D eigenvalue weighted by Gasteiger charge is 2.23. The summed E-state index contributed by atoms with van der Waals surface area (Å²) in [4.78, 5) is 0.380. The van der Waals surface area contributed by atoms with Gasteiger partial charge in [0.05, 0.1) is 4.90 Å². The molecule has 0 N–H and O–H groups in total. The SMILES string of the molecule is CCCCCN(CCCCC)S(=O)(=O)c1cccc(Br)c1. The Kier molecular flexibility index (Phi) is 8.52. The highest BCUT2D eigenvalue weighted by Crippen LogP contribution is 2.21. The van der Waals surface area contributed by atoms with Crippen molar-refractivity contribution in [1.29, 1.82) is 0 Å². The van der Waals surface area contributed by atoms with Crippen LogP contribution in [0.2, 0.25) is 0 Å². The number of rotatable bonds is 10. The van der Waals surface area contributed by atoms with E-state index in [9.17, 15) is 8.42 Å². The molecule has 0 aliphatic carbocycles. The summed E-state index contributed by atoms with van der Waals surface area (Å²) < 4.78 is 28.0. The Balaban J connectivity index is 2.87. The van der Waals surface area contributed by atoms with Gasteiger partial charge in [0.1, 0.15) is 0 Å². The number of unbranched alkanes of at least 4 members (excludes halogenated alkanes) is 4. The van der Waals surface area contributed by atoms with Gasteiger partial charge in [0.2, 0.25) is 10.0 Å². The lowest BCUT2D eigenvalue weighted by Crippen LogP contribution is -2.33. The molecule has 0 aliphatic heterocycles. The quantitative estimate of drug-likeness (QED) is 0.549. The van der Waals surface area contributed by atoms with Crippen LogP contribution in [-0.4, -0.2) is 25.8 Å². The van der Waals surface area contributed by atoms with Crippen LogP contribution in [0.25, 0.3) is 0 Å². The van der Waals surface area contributed by atoms with E-state index >= 15 is 0 Å². The summed E-state index contributed by atoms with van der Waals surface area (Å²) in [6, 6.07) is 6.97. The molecule has 0 radical (unpaired) electrons. The fourth-order valence-corrected chi connectivity index (χ4v) is 4.32. The van der Waals surface area contributed by atoms with Gasteiger partial charge in [0, 0.05) is 17.6 Å². The van der Waals surface area contributed by atoms with Crippen LogP contribution in [0.4, 0.5) is 0 Å². The predicted molar refractivity (Wildman–Crippen MR) is 92.0 cm³/mol. The summed E-state index contributed by atoms with van der Waals surface area (Å²) >= 11 is 3.35. The molecular formula is C16H26BrNO2S. The van der Waals surface area contributed by atoms with Gasteiger partial charge < -0.3 is 0 Å². The number of halogens is 1. The van der Waals surface area contributed by atoms with Gasteiger partial charge in [-0.05, 0) is 31.0 Å². The average Bonchev–Trinajstić information content (AvgIpc) is 2.46. The summed E-state index contributed by atoms with van der Waals surface area (Å²) in [5.74, 6) is 0. The summed E-state index contributed by atoms with van der Waals surface area (Å²) in [6.07, 6.45) is 6.18. The molecule has 1 aromatic rings. The van der Waals surface area contributed by atoms with E-state index in [1.54, 1.807) is 22.5 Å². The van der Waals surface area contributed by atoms with Crippen LogP contribution in [0.1, 0.15) is 52.4 Å². The lowest BCUT2D eigenvalue weighted by molar-refractivity contribution is 0.388. The van der Waals surface area contributed by atoms with E-state index < -0.39 is 10.0 Å². The van der Waals surface area contributed by atoms with E-state index in [1.807, 2.05) is 6.07 Å². The summed E-state index contributed by atoms with van der Waals surface area (Å²) in [5.41, 5.74) is 0. The van der Waals surface area contributed by atoms with Crippen LogP contribution in [-0.2, 0) is 10.0 Å². The number of hydrogen-bond acceptors (Lipinski definition) is 2. The maximum Gasteiger partial charge on any atom is 0.243 e. The van der Waals surface area contributed by atoms with Crippen molar-refractivity contribution in [2.75, 3.05) is 13.1 Å². The number of sulfonamides is 1. The Morgan fingerprint density at radius 3 is 2.05 bits per heavy atom. The third-order valence-corrected chi connectivity index (χ3v) is 5.84. The molecule has 0 bridgehead atoms.